The van der Waals surface area contributed by atoms with Crippen LogP contribution in [0.4, 0.5) is 4.79 Å². The first kappa shape index (κ1) is 22.7. The van der Waals surface area contributed by atoms with Crippen molar-refractivity contribution in [3.8, 4) is 11.8 Å². The zero-order valence-corrected chi connectivity index (χ0v) is 19.1. The zero-order valence-electron chi connectivity index (χ0n) is 19.1. The van der Waals surface area contributed by atoms with E-state index in [0.29, 0.717) is 13.1 Å². The van der Waals surface area contributed by atoms with Gasteiger partial charge < -0.3 is 4.90 Å². The highest BCUT2D eigenvalue weighted by Gasteiger charge is 2.53. The van der Waals surface area contributed by atoms with Crippen molar-refractivity contribution in [2.45, 2.75) is 60.3 Å². The van der Waals surface area contributed by atoms with E-state index < -0.39 is 22.8 Å². The number of aryl methyl sites for hydroxylation is 2. The van der Waals surface area contributed by atoms with E-state index in [1.165, 1.54) is 4.90 Å². The molecule has 2 aliphatic rings. The van der Waals surface area contributed by atoms with Crippen molar-refractivity contribution < 1.29 is 19.2 Å². The SMILES string of the molecule is CC#Cc1cc(C)c(C2C(=O)CC3(CC2=O)CN(C(=O)NC(=O)C(C)(C)C)C3)c(C)c1. The Morgan fingerprint density at radius 3 is 2.03 bits per heavy atom. The van der Waals surface area contributed by atoms with Crippen LogP contribution in [0.15, 0.2) is 12.1 Å². The van der Waals surface area contributed by atoms with Gasteiger partial charge >= 0.3 is 6.03 Å². The van der Waals surface area contributed by atoms with E-state index in [2.05, 4.69) is 17.2 Å². The molecule has 6 heteroatoms. The van der Waals surface area contributed by atoms with Gasteiger partial charge in [-0.15, -0.1) is 5.92 Å². The number of nitrogens with zero attached hydrogens (tertiary/aromatic N) is 1. The minimum absolute atomic E-state index is 0.0948. The van der Waals surface area contributed by atoms with Crippen molar-refractivity contribution in [1.82, 2.24) is 10.2 Å². The van der Waals surface area contributed by atoms with Crippen LogP contribution in [0, 0.1) is 36.5 Å². The summed E-state index contributed by atoms with van der Waals surface area (Å²) in [6.07, 6.45) is 0.519. The predicted octanol–water partition coefficient (Wildman–Crippen LogP) is 3.27. The fourth-order valence-corrected chi connectivity index (χ4v) is 4.65. The molecule has 1 aliphatic carbocycles. The number of hydrogen-bond acceptors (Lipinski definition) is 4. The molecule has 1 N–H and O–H groups in total. The molecule has 1 spiro atoms. The number of benzene rings is 1. The van der Waals surface area contributed by atoms with Gasteiger partial charge in [0.15, 0.2) is 0 Å². The van der Waals surface area contributed by atoms with Crippen LogP contribution in [0.5, 0.6) is 0 Å². The predicted molar refractivity (Wildman–Crippen MR) is 117 cm³/mol. The second kappa shape index (κ2) is 7.96. The molecule has 0 radical (unpaired) electrons. The third-order valence-corrected chi connectivity index (χ3v) is 6.14. The Bertz CT molecular complexity index is 987. The van der Waals surface area contributed by atoms with E-state index in [1.807, 2.05) is 26.0 Å². The quantitative estimate of drug-likeness (QED) is 0.556. The summed E-state index contributed by atoms with van der Waals surface area (Å²) < 4.78 is 0. The summed E-state index contributed by atoms with van der Waals surface area (Å²) in [7, 11) is 0. The maximum absolute atomic E-state index is 13.1. The molecule has 1 aliphatic heterocycles. The highest BCUT2D eigenvalue weighted by atomic mass is 16.2. The Kier molecular flexibility index (Phi) is 5.84. The van der Waals surface area contributed by atoms with Gasteiger partial charge in [-0.25, -0.2) is 4.79 Å². The van der Waals surface area contributed by atoms with Gasteiger partial charge in [0, 0.05) is 42.3 Å². The van der Waals surface area contributed by atoms with E-state index in [0.717, 1.165) is 22.3 Å². The van der Waals surface area contributed by atoms with Crippen LogP contribution in [-0.2, 0) is 14.4 Å². The number of carbonyl (C=O) groups is 4. The number of ketones is 2. The van der Waals surface area contributed by atoms with Crippen LogP contribution in [0.2, 0.25) is 0 Å². The lowest BCUT2D eigenvalue weighted by molar-refractivity contribution is -0.142. The van der Waals surface area contributed by atoms with Crippen molar-refractivity contribution in [2.75, 3.05) is 13.1 Å². The molecule has 6 nitrogen and oxygen atoms in total. The second-order valence-corrected chi connectivity index (χ2v) is 9.98. The molecule has 1 saturated carbocycles. The Balaban J connectivity index is 1.72. The zero-order chi connectivity index (χ0) is 23.1. The van der Waals surface area contributed by atoms with Crippen molar-refractivity contribution in [2.24, 2.45) is 10.8 Å². The number of hydrogen-bond donors (Lipinski definition) is 1. The Labute approximate surface area is 183 Å². The molecule has 164 valence electrons. The fraction of sp³-hybridized carbons (Fsp3) is 0.520. The first-order chi connectivity index (χ1) is 14.4. The summed E-state index contributed by atoms with van der Waals surface area (Å²) in [6, 6.07) is 3.38. The number of likely N-dealkylation sites (tertiary alicyclic amines) is 1. The standard InChI is InChI=1S/C25H30N2O4/c1-7-8-17-9-15(2)20(16(3)10-17)21-18(28)11-25(12-19(21)29)13-27(14-25)23(31)26-22(30)24(4,5)6/h9-10,21H,11-14H2,1-6H3,(H,26,30,31). The molecule has 1 saturated heterocycles. The number of urea groups is 1. The van der Waals surface area contributed by atoms with Crippen molar-refractivity contribution in [3.05, 3.63) is 34.4 Å². The summed E-state index contributed by atoms with van der Waals surface area (Å²) in [6.45, 7) is 11.4. The van der Waals surface area contributed by atoms with Gasteiger partial charge in [0.1, 0.15) is 17.5 Å². The number of Topliss-reactive ketones (excluding diaryl/α,β-unsaturated/α-hetero) is 2. The molecule has 3 amide bonds. The van der Waals surface area contributed by atoms with Gasteiger partial charge in [0.05, 0.1) is 0 Å². The molecule has 31 heavy (non-hydrogen) atoms. The van der Waals surface area contributed by atoms with E-state index in [1.54, 1.807) is 27.7 Å². The molecule has 0 atom stereocenters. The number of nitrogens with one attached hydrogen (secondary N) is 1. The highest BCUT2D eigenvalue weighted by molar-refractivity contribution is 6.11. The molecule has 0 aromatic heterocycles. The molecular formula is C25H30N2O4. The largest absolute Gasteiger partial charge is 0.324 e. The maximum atomic E-state index is 13.1. The first-order valence-corrected chi connectivity index (χ1v) is 10.6. The molecule has 0 unspecified atom stereocenters. The Hall–Kier alpha value is -2.94. The van der Waals surface area contributed by atoms with Crippen LogP contribution in [0.3, 0.4) is 0 Å². The van der Waals surface area contributed by atoms with Crippen molar-refractivity contribution in [1.29, 1.82) is 0 Å². The Morgan fingerprint density at radius 1 is 1.06 bits per heavy atom. The van der Waals surface area contributed by atoms with Crippen LogP contribution >= 0.6 is 0 Å². The van der Waals surface area contributed by atoms with Crippen molar-refractivity contribution in [3.63, 3.8) is 0 Å². The monoisotopic (exact) mass is 422 g/mol. The summed E-state index contributed by atoms with van der Waals surface area (Å²) in [5.74, 6) is 4.61. The van der Waals surface area contributed by atoms with Gasteiger partial charge in [0.25, 0.3) is 0 Å². The number of imide groups is 1. The first-order valence-electron chi connectivity index (χ1n) is 10.6. The second-order valence-electron chi connectivity index (χ2n) is 9.98. The highest BCUT2D eigenvalue weighted by Crippen LogP contribution is 2.46. The molecule has 2 fully saturated rings. The van der Waals surface area contributed by atoms with Gasteiger partial charge in [-0.3, -0.25) is 19.7 Å². The van der Waals surface area contributed by atoms with E-state index in [4.69, 9.17) is 0 Å². The van der Waals surface area contributed by atoms with Crippen LogP contribution in [-0.4, -0.2) is 41.5 Å². The lowest BCUT2D eigenvalue weighted by Gasteiger charge is -2.52. The average molecular weight is 423 g/mol. The molecule has 3 rings (SSSR count). The Morgan fingerprint density at radius 2 is 1.58 bits per heavy atom. The topological polar surface area (TPSA) is 83.6 Å². The minimum atomic E-state index is -0.750. The van der Waals surface area contributed by atoms with Gasteiger partial charge in [-0.1, -0.05) is 26.7 Å². The lowest BCUT2D eigenvalue weighted by Crippen LogP contribution is -2.64. The van der Waals surface area contributed by atoms with Crippen molar-refractivity contribution >= 4 is 23.5 Å². The molecule has 1 aromatic rings. The minimum Gasteiger partial charge on any atom is -0.323 e. The number of amides is 3. The molecule has 0 bridgehead atoms. The fourth-order valence-electron chi connectivity index (χ4n) is 4.65. The van der Waals surface area contributed by atoms with Gasteiger partial charge in [0.2, 0.25) is 5.91 Å². The average Bonchev–Trinajstić information content (AvgIpc) is 2.60. The third-order valence-electron chi connectivity index (χ3n) is 6.14. The van der Waals surface area contributed by atoms with Gasteiger partial charge in [-0.05, 0) is 49.6 Å². The van der Waals surface area contributed by atoms with Crippen LogP contribution in [0.1, 0.15) is 68.7 Å². The smallest absolute Gasteiger partial charge is 0.323 e. The summed E-state index contributed by atoms with van der Waals surface area (Å²) in [4.78, 5) is 52.1. The van der Waals surface area contributed by atoms with E-state index in [9.17, 15) is 19.2 Å². The molecular weight excluding hydrogens is 392 g/mol. The van der Waals surface area contributed by atoms with Crippen LogP contribution in [0.25, 0.3) is 0 Å². The summed E-state index contributed by atoms with van der Waals surface area (Å²) >= 11 is 0. The van der Waals surface area contributed by atoms with Gasteiger partial charge in [-0.2, -0.15) is 0 Å². The van der Waals surface area contributed by atoms with Crippen LogP contribution < -0.4 is 5.32 Å². The molecule has 1 heterocycles. The molecule has 1 aromatic carbocycles. The number of carbonyl (C=O) groups excluding carboxylic acids is 4. The third kappa shape index (κ3) is 4.41. The van der Waals surface area contributed by atoms with E-state index >= 15 is 0 Å². The van der Waals surface area contributed by atoms with E-state index in [-0.39, 0.29) is 30.3 Å². The summed E-state index contributed by atoms with van der Waals surface area (Å²) in [5, 5.41) is 2.40. The number of rotatable bonds is 1. The maximum Gasteiger partial charge on any atom is 0.324 e. The lowest BCUT2D eigenvalue weighted by atomic mass is 9.63. The normalized spacial score (nSPS) is 18.3. The summed E-state index contributed by atoms with van der Waals surface area (Å²) in [5.41, 5.74) is 2.28.